The molecule has 0 bridgehead atoms. The van der Waals surface area contributed by atoms with Crippen LogP contribution in [0.25, 0.3) is 17.2 Å². The number of thiocarbonyl (C=S) groups is 1. The van der Waals surface area contributed by atoms with Gasteiger partial charge in [-0.2, -0.15) is 26.3 Å². The highest BCUT2D eigenvalue weighted by atomic mass is 32.2. The molecule has 3 aromatic rings. The summed E-state index contributed by atoms with van der Waals surface area (Å²) < 4.78 is 93.4. The van der Waals surface area contributed by atoms with Gasteiger partial charge in [-0.3, -0.25) is 19.4 Å². The molecular formula is C36H36F6N4O5S3. The van der Waals surface area contributed by atoms with E-state index in [4.69, 9.17) is 21.7 Å². The Kier molecular flexibility index (Phi) is 12.8. The number of thioether (sulfide) groups is 1. The van der Waals surface area contributed by atoms with Gasteiger partial charge in [0.1, 0.15) is 9.92 Å². The van der Waals surface area contributed by atoms with Crippen molar-refractivity contribution in [1.29, 1.82) is 0 Å². The van der Waals surface area contributed by atoms with E-state index >= 15 is 0 Å². The van der Waals surface area contributed by atoms with E-state index in [1.54, 1.807) is 32.9 Å². The Bertz CT molecular complexity index is 1880. The normalized spacial score (nSPS) is 16.6. The summed E-state index contributed by atoms with van der Waals surface area (Å²) in [5, 5.41) is 6.20. The molecule has 0 aliphatic carbocycles. The number of nitrogens with one attached hydrogen (secondary N) is 2. The number of anilines is 2. The number of rotatable bonds is 11. The summed E-state index contributed by atoms with van der Waals surface area (Å²) in [5.41, 5.74) is -3.01. The Labute approximate surface area is 321 Å². The first-order valence-electron chi connectivity index (χ1n) is 16.6. The average Bonchev–Trinajstić information content (AvgIpc) is 3.61. The maximum absolute atomic E-state index is 13.8. The van der Waals surface area contributed by atoms with Crippen molar-refractivity contribution in [2.75, 3.05) is 56.6 Å². The van der Waals surface area contributed by atoms with Gasteiger partial charge in [-0.05, 0) is 80.9 Å². The second-order valence-electron chi connectivity index (χ2n) is 13.3. The molecule has 2 fully saturated rings. The fraction of sp³-hybridized carbons (Fsp3) is 0.389. The Morgan fingerprint density at radius 2 is 1.57 bits per heavy atom. The predicted molar refractivity (Wildman–Crippen MR) is 200 cm³/mol. The van der Waals surface area contributed by atoms with E-state index in [0.29, 0.717) is 72.7 Å². The monoisotopic (exact) mass is 814 g/mol. The van der Waals surface area contributed by atoms with Gasteiger partial charge >= 0.3 is 18.3 Å². The molecule has 9 nitrogen and oxygen atoms in total. The Hall–Kier alpha value is -3.97. The zero-order valence-corrected chi connectivity index (χ0v) is 31.7. The molecule has 0 atom stereocenters. The van der Waals surface area contributed by atoms with E-state index in [0.717, 1.165) is 23.1 Å². The lowest BCUT2D eigenvalue weighted by molar-refractivity contribution is -0.143. The van der Waals surface area contributed by atoms with Crippen LogP contribution in [0.2, 0.25) is 0 Å². The van der Waals surface area contributed by atoms with E-state index in [2.05, 4.69) is 15.5 Å². The molecule has 2 saturated heterocycles. The number of morpholine rings is 1. The molecule has 2 aliphatic rings. The van der Waals surface area contributed by atoms with Crippen molar-refractivity contribution < 1.29 is 50.2 Å². The number of amides is 2. The third-order valence-corrected chi connectivity index (χ3v) is 10.4. The minimum Gasteiger partial charge on any atom is -0.456 e. The van der Waals surface area contributed by atoms with Crippen LogP contribution in [0.3, 0.4) is 0 Å². The topological polar surface area (TPSA) is 100 Å². The summed E-state index contributed by atoms with van der Waals surface area (Å²) in [5.74, 6) is -1.44. The third kappa shape index (κ3) is 11.1. The summed E-state index contributed by atoms with van der Waals surface area (Å²) in [6, 6.07) is 8.98. The van der Waals surface area contributed by atoms with Crippen molar-refractivity contribution in [3.05, 3.63) is 75.0 Å². The summed E-state index contributed by atoms with van der Waals surface area (Å²) in [7, 11) is 0. The lowest BCUT2D eigenvalue weighted by Crippen LogP contribution is -2.38. The van der Waals surface area contributed by atoms with E-state index in [9.17, 15) is 40.7 Å². The third-order valence-electron chi connectivity index (χ3n) is 7.98. The fourth-order valence-corrected chi connectivity index (χ4v) is 7.80. The minimum absolute atomic E-state index is 0.0572. The summed E-state index contributed by atoms with van der Waals surface area (Å²) in [6.07, 6.45) is -8.71. The highest BCUT2D eigenvalue weighted by Gasteiger charge is 2.38. The Morgan fingerprint density at radius 3 is 2.17 bits per heavy atom. The van der Waals surface area contributed by atoms with Crippen LogP contribution in [-0.4, -0.2) is 83.4 Å². The van der Waals surface area contributed by atoms with Crippen LogP contribution in [0.15, 0.2) is 53.4 Å². The van der Waals surface area contributed by atoms with E-state index in [-0.39, 0.29) is 39.4 Å². The molecule has 290 valence electrons. The zero-order chi connectivity index (χ0) is 39.4. The number of esters is 1. The molecule has 0 spiro atoms. The minimum atomic E-state index is -5.03. The van der Waals surface area contributed by atoms with E-state index < -0.39 is 46.9 Å². The molecule has 5 rings (SSSR count). The second-order valence-corrected chi connectivity index (χ2v) is 16.0. The number of ether oxygens (including phenoxy) is 2. The molecule has 54 heavy (non-hydrogen) atoms. The molecule has 0 radical (unpaired) electrons. The van der Waals surface area contributed by atoms with Gasteiger partial charge in [-0.25, -0.2) is 4.79 Å². The molecular weight excluding hydrogens is 779 g/mol. The largest absolute Gasteiger partial charge is 0.456 e. The number of hydrogen-bond donors (Lipinski definition) is 2. The molecule has 0 saturated carbocycles. The van der Waals surface area contributed by atoms with Gasteiger partial charge in [-0.15, -0.1) is 11.3 Å². The van der Waals surface area contributed by atoms with Crippen molar-refractivity contribution >= 4 is 74.2 Å². The fourth-order valence-electron chi connectivity index (χ4n) is 5.38. The van der Waals surface area contributed by atoms with Crippen LogP contribution in [0.5, 0.6) is 0 Å². The smallest absolute Gasteiger partial charge is 0.416 e. The number of nitrogens with zero attached hydrogens (tertiary/aromatic N) is 2. The Morgan fingerprint density at radius 1 is 0.944 bits per heavy atom. The maximum atomic E-state index is 13.8. The van der Waals surface area contributed by atoms with Crippen LogP contribution in [0, 0.1) is 0 Å². The standard InChI is InChI=1S/C36H36F6N4O5S3/c1-34(2,3)51-32(49)21-4-6-25(7-5-21)44-29(47)8-10-46-31(48)28(54-33(46)52)20-26-19-27(30(53-26)43-9-11-45-12-14-50-15-13-45)22-16-23(35(37,38)39)18-24(17-22)36(40,41)42/h4-7,16-20,43H,8-15H2,1-3H3,(H,44,47)/b28-20-. The number of hydrogen-bond acceptors (Lipinski definition) is 10. The molecule has 1 aromatic heterocycles. The average molecular weight is 815 g/mol. The van der Waals surface area contributed by atoms with Crippen LogP contribution >= 0.6 is 35.3 Å². The van der Waals surface area contributed by atoms with Crippen LogP contribution < -0.4 is 10.6 Å². The van der Waals surface area contributed by atoms with E-state index in [1.807, 2.05) is 0 Å². The second kappa shape index (κ2) is 16.8. The van der Waals surface area contributed by atoms with Gasteiger partial charge in [0.05, 0.1) is 39.8 Å². The van der Waals surface area contributed by atoms with Gasteiger partial charge in [0.15, 0.2) is 0 Å². The number of halogens is 6. The zero-order valence-electron chi connectivity index (χ0n) is 29.3. The highest BCUT2D eigenvalue weighted by molar-refractivity contribution is 8.26. The van der Waals surface area contributed by atoms with Gasteiger partial charge in [0.2, 0.25) is 5.91 Å². The van der Waals surface area contributed by atoms with Crippen molar-refractivity contribution in [3.63, 3.8) is 0 Å². The molecule has 0 unspecified atom stereocenters. The lowest BCUT2D eigenvalue weighted by Gasteiger charge is -2.26. The van der Waals surface area contributed by atoms with Crippen LogP contribution in [0.4, 0.5) is 37.0 Å². The summed E-state index contributed by atoms with van der Waals surface area (Å²) in [6.45, 7) is 8.54. The van der Waals surface area contributed by atoms with Gasteiger partial charge in [0.25, 0.3) is 5.91 Å². The van der Waals surface area contributed by atoms with Crippen molar-refractivity contribution in [1.82, 2.24) is 9.80 Å². The van der Waals surface area contributed by atoms with Gasteiger partial charge in [-0.1, -0.05) is 24.0 Å². The first-order chi connectivity index (χ1) is 25.3. The van der Waals surface area contributed by atoms with Crippen molar-refractivity contribution in [2.24, 2.45) is 0 Å². The SMILES string of the molecule is CC(C)(C)OC(=O)c1ccc(NC(=O)CCN2C(=O)/C(=C/c3cc(-c4cc(C(F)(F)F)cc(C(F)(F)F)c4)c(NCCN4CCOCC4)s3)SC2=S)cc1. The maximum Gasteiger partial charge on any atom is 0.416 e. The number of carbonyl (C=O) groups excluding carboxylic acids is 3. The van der Waals surface area contributed by atoms with Crippen molar-refractivity contribution in [3.8, 4) is 11.1 Å². The lowest BCUT2D eigenvalue weighted by atomic mass is 10.00. The van der Waals surface area contributed by atoms with Crippen LogP contribution in [0.1, 0.15) is 53.6 Å². The molecule has 2 aliphatic heterocycles. The summed E-state index contributed by atoms with van der Waals surface area (Å²) >= 11 is 7.44. The number of carbonyl (C=O) groups is 3. The molecule has 2 amide bonds. The molecule has 3 heterocycles. The highest BCUT2D eigenvalue weighted by Crippen LogP contribution is 2.44. The first-order valence-corrected chi connectivity index (χ1v) is 18.7. The number of alkyl halides is 6. The molecule has 2 aromatic carbocycles. The Balaban J connectivity index is 1.31. The van der Waals surface area contributed by atoms with E-state index in [1.165, 1.54) is 29.2 Å². The van der Waals surface area contributed by atoms with Crippen molar-refractivity contribution in [2.45, 2.75) is 45.1 Å². The first kappa shape index (κ1) is 41.2. The molecule has 2 N–H and O–H groups in total. The quantitative estimate of drug-likeness (QED) is 0.0857. The number of benzene rings is 2. The molecule has 18 heteroatoms. The predicted octanol–water partition coefficient (Wildman–Crippen LogP) is 8.38. The van der Waals surface area contributed by atoms with Gasteiger partial charge < -0.3 is 20.1 Å². The summed E-state index contributed by atoms with van der Waals surface area (Å²) in [4.78, 5) is 42.3. The van der Waals surface area contributed by atoms with Gasteiger partial charge in [0, 0.05) is 55.3 Å². The van der Waals surface area contributed by atoms with Crippen LogP contribution in [-0.2, 0) is 31.4 Å². The number of thiophene rings is 1.